The van der Waals surface area contributed by atoms with E-state index >= 15 is 0 Å². The Bertz CT molecular complexity index is 2260. The van der Waals surface area contributed by atoms with Gasteiger partial charge in [0.05, 0.1) is 0 Å². The first-order chi connectivity index (χ1) is 21.2. The molecule has 8 aromatic rings. The van der Waals surface area contributed by atoms with Crippen molar-refractivity contribution >= 4 is 54.5 Å². The Labute approximate surface area is 267 Å². The molecule has 4 heterocycles. The molecule has 0 aliphatic heterocycles. The molecule has 0 bridgehead atoms. The Morgan fingerprint density at radius 3 is 2.33 bits per heavy atom. The first-order valence-corrected chi connectivity index (χ1v) is 13.9. The molecule has 0 unspecified atom stereocenters. The molecule has 4 nitrogen and oxygen atoms in total. The number of hydrogen-bond donors (Lipinski definition) is 0. The van der Waals surface area contributed by atoms with E-state index in [0.717, 1.165) is 60.1 Å². The number of nitrogens with zero attached hydrogens (tertiary/aromatic N) is 3. The van der Waals surface area contributed by atoms with Gasteiger partial charge in [-0.3, -0.25) is 0 Å². The molecule has 4 aromatic heterocycles. The zero-order chi connectivity index (χ0) is 30.5. The van der Waals surface area contributed by atoms with Crippen LogP contribution in [0.4, 0.5) is 0 Å². The van der Waals surface area contributed by atoms with Gasteiger partial charge in [0, 0.05) is 52.2 Å². The standard InChI is InChI=1S/C27H21N2O.C11H8N.Ir/c1-27(2,3)15-16-10-12-28-25-18-8-5-4-7-17(18)20-13-21-19-9-6-11-29-26(19)30-23(21)14-22(20)24(16)25;1-2-6-10(7-3-1)11-8-4-5-9-12-11;/h4-7,9-14H,15H2,1-3H3;1-6,8-9H;/q2*-1;/i15D2;;. The summed E-state index contributed by atoms with van der Waals surface area (Å²) in [7, 11) is 0. The minimum absolute atomic E-state index is 0. The summed E-state index contributed by atoms with van der Waals surface area (Å²) in [4.78, 5) is 13.3. The Morgan fingerprint density at radius 1 is 0.721 bits per heavy atom. The second-order valence-corrected chi connectivity index (χ2v) is 11.3. The average molecular weight is 738 g/mol. The fourth-order valence-corrected chi connectivity index (χ4v) is 5.45. The molecule has 8 rings (SSSR count). The second-order valence-electron chi connectivity index (χ2n) is 11.3. The van der Waals surface area contributed by atoms with Gasteiger partial charge in [0.15, 0.2) is 0 Å². The Balaban J connectivity index is 0.000000231. The summed E-state index contributed by atoms with van der Waals surface area (Å²) in [5.41, 5.74) is 4.13. The van der Waals surface area contributed by atoms with Gasteiger partial charge in [-0.25, -0.2) is 4.98 Å². The van der Waals surface area contributed by atoms with E-state index in [2.05, 4.69) is 34.2 Å². The van der Waals surface area contributed by atoms with E-state index in [0.29, 0.717) is 11.3 Å². The van der Waals surface area contributed by atoms with Crippen molar-refractivity contribution in [3.05, 3.63) is 127 Å². The number of furan rings is 1. The van der Waals surface area contributed by atoms with Gasteiger partial charge in [-0.05, 0) is 69.7 Å². The van der Waals surface area contributed by atoms with Crippen LogP contribution in [0.1, 0.15) is 29.1 Å². The van der Waals surface area contributed by atoms with E-state index in [4.69, 9.17) is 12.1 Å². The fourth-order valence-electron chi connectivity index (χ4n) is 5.45. The molecule has 0 atom stereocenters. The summed E-state index contributed by atoms with van der Waals surface area (Å²) in [6, 6.07) is 36.0. The van der Waals surface area contributed by atoms with Crippen molar-refractivity contribution in [2.45, 2.75) is 27.1 Å². The summed E-state index contributed by atoms with van der Waals surface area (Å²) < 4.78 is 24.1. The predicted molar refractivity (Wildman–Crippen MR) is 172 cm³/mol. The molecule has 0 spiro atoms. The van der Waals surface area contributed by atoms with Crippen molar-refractivity contribution in [1.29, 1.82) is 0 Å². The van der Waals surface area contributed by atoms with Crippen molar-refractivity contribution in [3.63, 3.8) is 0 Å². The third-order valence-corrected chi connectivity index (χ3v) is 7.15. The van der Waals surface area contributed by atoms with Crippen molar-refractivity contribution in [2.24, 2.45) is 5.41 Å². The van der Waals surface area contributed by atoms with Crippen molar-refractivity contribution < 1.29 is 27.3 Å². The van der Waals surface area contributed by atoms with Gasteiger partial charge in [-0.2, -0.15) is 0 Å². The van der Waals surface area contributed by atoms with Crippen molar-refractivity contribution in [3.8, 4) is 11.3 Å². The van der Waals surface area contributed by atoms with E-state index in [-0.39, 0.29) is 20.1 Å². The van der Waals surface area contributed by atoms with Crippen LogP contribution < -0.4 is 0 Å². The first kappa shape index (κ1) is 26.2. The summed E-state index contributed by atoms with van der Waals surface area (Å²) in [6.07, 6.45) is 3.64. The van der Waals surface area contributed by atoms with Crippen molar-refractivity contribution in [2.75, 3.05) is 0 Å². The maximum atomic E-state index is 9.03. The van der Waals surface area contributed by atoms with Gasteiger partial charge in [0.2, 0.25) is 5.71 Å². The van der Waals surface area contributed by atoms with Gasteiger partial charge >= 0.3 is 0 Å². The normalized spacial score (nSPS) is 12.5. The fraction of sp³-hybridized carbons (Fsp3) is 0.132. The zero-order valence-electron chi connectivity index (χ0n) is 26.0. The van der Waals surface area contributed by atoms with Crippen LogP contribution in [0.2, 0.25) is 0 Å². The predicted octanol–water partition coefficient (Wildman–Crippen LogP) is 9.77. The number of pyridine rings is 3. The monoisotopic (exact) mass is 738 g/mol. The van der Waals surface area contributed by atoms with E-state index in [1.165, 1.54) is 0 Å². The summed E-state index contributed by atoms with van der Waals surface area (Å²) in [5.74, 6) is 0. The zero-order valence-corrected chi connectivity index (χ0v) is 26.4. The third kappa shape index (κ3) is 5.54. The molecule has 0 amide bonds. The van der Waals surface area contributed by atoms with Crippen LogP contribution in [0.5, 0.6) is 0 Å². The summed E-state index contributed by atoms with van der Waals surface area (Å²) in [5, 5.41) is 6.66. The molecule has 0 fully saturated rings. The summed E-state index contributed by atoms with van der Waals surface area (Å²) in [6.45, 7) is 5.78. The van der Waals surface area contributed by atoms with E-state index < -0.39 is 11.8 Å². The second kappa shape index (κ2) is 11.7. The maximum absolute atomic E-state index is 9.03. The van der Waals surface area contributed by atoms with Gasteiger partial charge in [0.25, 0.3) is 0 Å². The topological polar surface area (TPSA) is 51.8 Å². The number of rotatable bonds is 2. The van der Waals surface area contributed by atoms with Gasteiger partial charge in [-0.1, -0.05) is 49.7 Å². The number of benzene rings is 4. The van der Waals surface area contributed by atoms with Crippen LogP contribution in [-0.2, 0) is 26.5 Å². The van der Waals surface area contributed by atoms with E-state index in [1.807, 2.05) is 99.6 Å². The van der Waals surface area contributed by atoms with Crippen LogP contribution in [0.25, 0.3) is 65.8 Å². The largest absolute Gasteiger partial charge is 0.438 e. The Hall–Kier alpha value is -4.44. The molecule has 213 valence electrons. The van der Waals surface area contributed by atoms with Crippen LogP contribution in [0, 0.1) is 17.5 Å². The quantitative estimate of drug-likeness (QED) is 0.131. The molecular weight excluding hydrogens is 707 g/mol. The molecule has 4 aromatic carbocycles. The molecule has 0 saturated heterocycles. The molecule has 0 aliphatic carbocycles. The minimum atomic E-state index is -1.58. The van der Waals surface area contributed by atoms with E-state index in [9.17, 15) is 0 Å². The van der Waals surface area contributed by atoms with Crippen LogP contribution in [0.15, 0.2) is 114 Å². The van der Waals surface area contributed by atoms with Crippen LogP contribution in [0.3, 0.4) is 0 Å². The Kier molecular flexibility index (Phi) is 7.12. The van der Waals surface area contributed by atoms with Crippen LogP contribution >= 0.6 is 0 Å². The molecule has 43 heavy (non-hydrogen) atoms. The van der Waals surface area contributed by atoms with Crippen molar-refractivity contribution in [1.82, 2.24) is 15.0 Å². The molecular formula is C38H29IrN3O-2. The van der Waals surface area contributed by atoms with Crippen LogP contribution in [-0.4, -0.2) is 15.0 Å². The third-order valence-electron chi connectivity index (χ3n) is 7.15. The smallest absolute Gasteiger partial charge is 0.227 e. The Morgan fingerprint density at radius 2 is 1.53 bits per heavy atom. The van der Waals surface area contributed by atoms with Gasteiger partial charge in [0.1, 0.15) is 5.58 Å². The van der Waals surface area contributed by atoms with E-state index in [1.54, 1.807) is 18.6 Å². The average Bonchev–Trinajstić information content (AvgIpc) is 3.42. The minimum Gasteiger partial charge on any atom is -0.438 e. The molecule has 0 N–H and O–H groups in total. The number of hydrogen-bond acceptors (Lipinski definition) is 4. The first-order valence-electron chi connectivity index (χ1n) is 14.9. The number of fused-ring (bicyclic) bond motifs is 9. The summed E-state index contributed by atoms with van der Waals surface area (Å²) >= 11 is 0. The molecule has 5 heteroatoms. The number of aromatic nitrogens is 3. The SMILES string of the molecule is [2H]C([2H])(c1ccnc2c3[c-]cccc3c3cc4c(cc3c12)oc1ncccc14)C(C)(C)C.[Ir].[c-]1ccccc1-c1ccccn1. The maximum Gasteiger partial charge on any atom is 0.227 e. The van der Waals surface area contributed by atoms with Gasteiger partial charge < -0.3 is 14.4 Å². The molecule has 0 saturated carbocycles. The molecule has 0 aliphatic rings. The molecule has 1 radical (unpaired) electrons. The van der Waals surface area contributed by atoms with Gasteiger partial charge in [-0.15, -0.1) is 65.5 Å².